The Labute approximate surface area is 167 Å². The first kappa shape index (κ1) is 22.6. The Morgan fingerprint density at radius 2 is 1.76 bits per heavy atom. The Morgan fingerprint density at radius 3 is 2.31 bits per heavy atom. The minimum Gasteiger partial charge on any atom is -0.491 e. The fraction of sp³-hybridized carbons (Fsp3) is 0.235. The third-order valence-electron chi connectivity index (χ3n) is 3.58. The van der Waals surface area contributed by atoms with Crippen molar-refractivity contribution >= 4 is 31.7 Å². The molecule has 0 heterocycles. The molecule has 2 aromatic carbocycles. The zero-order chi connectivity index (χ0) is 21.7. The van der Waals surface area contributed by atoms with Gasteiger partial charge in [0.15, 0.2) is 11.6 Å². The van der Waals surface area contributed by atoms with E-state index < -0.39 is 31.8 Å². The number of hydrogen-bond acceptors (Lipinski definition) is 6. The number of carbonyl (C=O) groups is 1. The Morgan fingerprint density at radius 1 is 1.10 bits per heavy atom. The minimum absolute atomic E-state index is 0.0293. The van der Waals surface area contributed by atoms with Crippen LogP contribution in [0.5, 0.6) is 5.75 Å². The molecule has 9 nitrogen and oxygen atoms in total. The molecule has 12 heteroatoms. The lowest BCUT2D eigenvalue weighted by molar-refractivity contribution is -0.137. The van der Waals surface area contributed by atoms with Gasteiger partial charge >= 0.3 is 5.97 Å². The van der Waals surface area contributed by atoms with Crippen LogP contribution in [0.2, 0.25) is 0 Å². The van der Waals surface area contributed by atoms with Crippen molar-refractivity contribution in [1.29, 1.82) is 0 Å². The number of benzene rings is 2. The molecule has 2 rings (SSSR count). The molecule has 0 bridgehead atoms. The van der Waals surface area contributed by atoms with Crippen LogP contribution in [0.4, 0.5) is 10.1 Å². The summed E-state index contributed by atoms with van der Waals surface area (Å²) in [4.78, 5) is 10.1. The SMILES string of the molecule is NS(=O)(=O)Cc1ccc(NS(=O)(=O)c2ccc(OCCCC(=O)O)c(F)c2)cc1. The normalized spacial score (nSPS) is 11.8. The highest BCUT2D eigenvalue weighted by Crippen LogP contribution is 2.23. The smallest absolute Gasteiger partial charge is 0.303 e. The number of hydrogen-bond donors (Lipinski definition) is 3. The minimum atomic E-state index is -4.10. The van der Waals surface area contributed by atoms with Crippen LogP contribution < -0.4 is 14.6 Å². The maximum atomic E-state index is 14.1. The van der Waals surface area contributed by atoms with Gasteiger partial charge in [-0.2, -0.15) is 0 Å². The fourth-order valence-electron chi connectivity index (χ4n) is 2.29. The van der Waals surface area contributed by atoms with Gasteiger partial charge in [-0.05, 0) is 42.3 Å². The number of primary sulfonamides is 1. The van der Waals surface area contributed by atoms with Gasteiger partial charge < -0.3 is 9.84 Å². The van der Waals surface area contributed by atoms with E-state index in [0.29, 0.717) is 5.56 Å². The molecule has 0 radical (unpaired) electrons. The average Bonchev–Trinajstić information content (AvgIpc) is 2.60. The lowest BCUT2D eigenvalue weighted by atomic mass is 10.2. The number of sulfonamides is 2. The lowest BCUT2D eigenvalue weighted by Gasteiger charge is -2.11. The highest BCUT2D eigenvalue weighted by molar-refractivity contribution is 7.92. The molecule has 29 heavy (non-hydrogen) atoms. The standard InChI is InChI=1S/C17H19FN2O7S2/c18-15-10-14(7-8-16(15)27-9-1-2-17(21)22)29(25,26)20-13-5-3-12(4-6-13)11-28(19,23)24/h3-8,10,20H,1-2,9,11H2,(H,21,22)(H2,19,23,24). The van der Waals surface area contributed by atoms with E-state index >= 15 is 0 Å². The van der Waals surface area contributed by atoms with E-state index in [4.69, 9.17) is 15.0 Å². The Bertz CT molecular complexity index is 1090. The molecular weight excluding hydrogens is 427 g/mol. The van der Waals surface area contributed by atoms with E-state index in [2.05, 4.69) is 4.72 Å². The Hall–Kier alpha value is -2.70. The number of carboxylic acid groups (broad SMARTS) is 1. The van der Waals surface area contributed by atoms with E-state index in [0.717, 1.165) is 18.2 Å². The van der Waals surface area contributed by atoms with Crippen molar-refractivity contribution < 1.29 is 35.9 Å². The molecule has 2 aromatic rings. The van der Waals surface area contributed by atoms with E-state index in [1.807, 2.05) is 0 Å². The van der Waals surface area contributed by atoms with Crippen LogP contribution in [0.1, 0.15) is 18.4 Å². The van der Waals surface area contributed by atoms with Crippen molar-refractivity contribution in [3.63, 3.8) is 0 Å². The maximum Gasteiger partial charge on any atom is 0.303 e. The molecule has 0 atom stereocenters. The predicted molar refractivity (Wildman–Crippen MR) is 103 cm³/mol. The molecule has 0 unspecified atom stereocenters. The van der Waals surface area contributed by atoms with E-state index in [1.54, 1.807) is 0 Å². The van der Waals surface area contributed by atoms with Crippen LogP contribution in [0.3, 0.4) is 0 Å². The van der Waals surface area contributed by atoms with Crippen molar-refractivity contribution in [2.75, 3.05) is 11.3 Å². The molecule has 0 aliphatic carbocycles. The van der Waals surface area contributed by atoms with Crippen molar-refractivity contribution in [2.24, 2.45) is 5.14 Å². The van der Waals surface area contributed by atoms with Gasteiger partial charge in [0.2, 0.25) is 10.0 Å². The van der Waals surface area contributed by atoms with Crippen LogP contribution in [-0.4, -0.2) is 34.5 Å². The monoisotopic (exact) mass is 446 g/mol. The Kier molecular flexibility index (Phi) is 7.16. The highest BCUT2D eigenvalue weighted by Gasteiger charge is 2.17. The molecule has 0 aromatic heterocycles. The van der Waals surface area contributed by atoms with Crippen LogP contribution in [-0.2, 0) is 30.6 Å². The van der Waals surface area contributed by atoms with Crippen molar-refractivity contribution in [1.82, 2.24) is 0 Å². The van der Waals surface area contributed by atoms with Gasteiger partial charge in [-0.3, -0.25) is 9.52 Å². The topological polar surface area (TPSA) is 153 Å². The molecule has 0 amide bonds. The summed E-state index contributed by atoms with van der Waals surface area (Å²) in [6.07, 6.45) is 0.0475. The first-order chi connectivity index (χ1) is 13.5. The number of nitrogens with two attached hydrogens (primary N) is 1. The molecule has 158 valence electrons. The largest absolute Gasteiger partial charge is 0.491 e. The molecular formula is C17H19FN2O7S2. The van der Waals surface area contributed by atoms with Gasteiger partial charge in [-0.1, -0.05) is 12.1 Å². The van der Waals surface area contributed by atoms with Crippen LogP contribution >= 0.6 is 0 Å². The van der Waals surface area contributed by atoms with E-state index in [1.165, 1.54) is 24.3 Å². The van der Waals surface area contributed by atoms with Gasteiger partial charge in [0.25, 0.3) is 10.0 Å². The van der Waals surface area contributed by atoms with Gasteiger partial charge in [0.05, 0.1) is 17.3 Å². The second-order valence-electron chi connectivity index (χ2n) is 6.05. The van der Waals surface area contributed by atoms with Crippen molar-refractivity contribution in [3.05, 3.63) is 53.8 Å². The zero-order valence-corrected chi connectivity index (χ0v) is 16.7. The molecule has 0 saturated carbocycles. The molecule has 0 saturated heterocycles. The summed E-state index contributed by atoms with van der Waals surface area (Å²) < 4.78 is 68.4. The predicted octanol–water partition coefficient (Wildman–Crippen LogP) is 1.66. The zero-order valence-electron chi connectivity index (χ0n) is 15.0. The number of nitrogens with one attached hydrogen (secondary N) is 1. The lowest BCUT2D eigenvalue weighted by Crippen LogP contribution is -2.15. The molecule has 0 aliphatic rings. The second kappa shape index (κ2) is 9.20. The first-order valence-corrected chi connectivity index (χ1v) is 11.4. The van der Waals surface area contributed by atoms with Gasteiger partial charge in [0.1, 0.15) is 0 Å². The summed E-state index contributed by atoms with van der Waals surface area (Å²) in [7, 11) is -7.81. The number of anilines is 1. The molecule has 0 aliphatic heterocycles. The number of halogens is 1. The van der Waals surface area contributed by atoms with Crippen molar-refractivity contribution in [3.8, 4) is 5.75 Å². The summed E-state index contributed by atoms with van der Waals surface area (Å²) >= 11 is 0. The van der Waals surface area contributed by atoms with Crippen LogP contribution in [0.15, 0.2) is 47.4 Å². The first-order valence-electron chi connectivity index (χ1n) is 8.23. The number of ether oxygens (including phenoxy) is 1. The average molecular weight is 446 g/mol. The van der Waals surface area contributed by atoms with Crippen molar-refractivity contribution in [2.45, 2.75) is 23.5 Å². The van der Waals surface area contributed by atoms with Crippen LogP contribution in [0.25, 0.3) is 0 Å². The summed E-state index contributed by atoms with van der Waals surface area (Å²) in [5, 5.41) is 13.5. The van der Waals surface area contributed by atoms with Gasteiger partial charge in [-0.15, -0.1) is 0 Å². The molecule has 0 fully saturated rings. The number of aliphatic carboxylic acids is 1. The third-order valence-corrected chi connectivity index (χ3v) is 5.69. The summed E-state index contributed by atoms with van der Waals surface area (Å²) in [6.45, 7) is -0.0293. The van der Waals surface area contributed by atoms with Gasteiger partial charge in [0, 0.05) is 12.1 Å². The molecule has 4 N–H and O–H groups in total. The quantitative estimate of drug-likeness (QED) is 0.469. The summed E-state index contributed by atoms with van der Waals surface area (Å²) in [6, 6.07) is 8.58. The van der Waals surface area contributed by atoms with Crippen LogP contribution in [0, 0.1) is 5.82 Å². The summed E-state index contributed by atoms with van der Waals surface area (Å²) in [5.41, 5.74) is 0.531. The maximum absolute atomic E-state index is 14.1. The Balaban J connectivity index is 2.07. The van der Waals surface area contributed by atoms with Gasteiger partial charge in [-0.25, -0.2) is 26.4 Å². The summed E-state index contributed by atoms with van der Waals surface area (Å²) in [5.74, 6) is -2.49. The molecule has 0 spiro atoms. The number of carboxylic acids is 1. The highest BCUT2D eigenvalue weighted by atomic mass is 32.2. The van der Waals surface area contributed by atoms with E-state index in [-0.39, 0.29) is 41.5 Å². The third kappa shape index (κ3) is 7.33. The second-order valence-corrected chi connectivity index (χ2v) is 9.34. The number of rotatable bonds is 10. The van der Waals surface area contributed by atoms with E-state index in [9.17, 15) is 26.0 Å². The fourth-order valence-corrected chi connectivity index (χ4v) is 4.01.